The van der Waals surface area contributed by atoms with Crippen LogP contribution >= 0.6 is 0 Å². The molecule has 0 aromatic heterocycles. The summed E-state index contributed by atoms with van der Waals surface area (Å²) < 4.78 is 315. The van der Waals surface area contributed by atoms with Crippen molar-refractivity contribution in [3.05, 3.63) is 11.5 Å². The zero-order valence-electron chi connectivity index (χ0n) is 49.0. The molecule has 0 saturated carbocycles. The second kappa shape index (κ2) is 32.8. The van der Waals surface area contributed by atoms with E-state index in [1.54, 1.807) is 0 Å². The van der Waals surface area contributed by atoms with E-state index in [4.69, 9.17) is 52.1 Å². The van der Waals surface area contributed by atoms with E-state index in [9.17, 15) is 171 Å². The molecule has 5 fully saturated rings. The predicted molar refractivity (Wildman–Crippen MR) is 289 cm³/mol. The van der Waals surface area contributed by atoms with Crippen molar-refractivity contribution in [1.82, 2.24) is 14.8 Å². The molecule has 0 aromatic carbocycles. The van der Waals surface area contributed by atoms with E-state index in [0.717, 1.165) is 0 Å². The lowest BCUT2D eigenvalue weighted by molar-refractivity contribution is -0.376. The van der Waals surface area contributed by atoms with Gasteiger partial charge >= 0.3 is 90.5 Å². The number of aliphatic hydroxyl groups is 9. The van der Waals surface area contributed by atoms with Crippen LogP contribution in [0.15, 0.2) is 11.5 Å². The molecule has 0 bridgehead atoms. The summed E-state index contributed by atoms with van der Waals surface area (Å²) in [7, 11) is -40.4. The second-order valence-electron chi connectivity index (χ2n) is 21.2. The minimum atomic E-state index is -5.97. The summed E-state index contributed by atoms with van der Waals surface area (Å²) in [5.74, 6) is -11.8. The maximum Gasteiger partial charge on any atom is 0.397 e. The Bertz CT molecular complexity index is 3840. The first-order chi connectivity index (χ1) is 45.9. The Morgan fingerprint density at radius 1 is 0.406 bits per heavy atom. The van der Waals surface area contributed by atoms with E-state index < -0.39 is 300 Å². The highest BCUT2D eigenvalue weighted by molar-refractivity contribution is 7.84. The van der Waals surface area contributed by atoms with Gasteiger partial charge in [0.2, 0.25) is 18.0 Å². The zero-order chi connectivity index (χ0) is 76.7. The van der Waals surface area contributed by atoms with E-state index >= 15 is 0 Å². The molecule has 101 heavy (non-hydrogen) atoms. The Morgan fingerprint density at radius 3 is 1.14 bits per heavy atom. The molecule has 0 radical (unpaired) electrons. The summed E-state index contributed by atoms with van der Waals surface area (Å²) in [5.41, 5.74) is 0. The fourth-order valence-electron chi connectivity index (χ4n) is 10.2. The number of amides is 1. The molecule has 56 nitrogen and oxygen atoms in total. The van der Waals surface area contributed by atoms with E-state index in [0.29, 0.717) is 6.92 Å². The van der Waals surface area contributed by atoms with Crippen LogP contribution in [-0.2, 0) is 165 Å². The third kappa shape index (κ3) is 23.3. The maximum absolute atomic E-state index is 13.0. The van der Waals surface area contributed by atoms with Crippen molar-refractivity contribution in [3.63, 3.8) is 0 Å². The number of ether oxygens (including phenoxy) is 11. The van der Waals surface area contributed by atoms with Crippen LogP contribution in [-0.4, -0.2) is 368 Å². The molecule has 1 amide bonds. The smallest absolute Gasteiger partial charge is 0.397 e. The number of hydrogen-bond donors (Lipinski definition) is 22. The summed E-state index contributed by atoms with van der Waals surface area (Å²) in [6, 6.07) is -8.03. The first-order valence-electron chi connectivity index (χ1n) is 26.7. The van der Waals surface area contributed by atoms with Gasteiger partial charge in [-0.2, -0.15) is 68.4 Å². The third-order valence-corrected chi connectivity index (χ3v) is 17.5. The van der Waals surface area contributed by atoms with Crippen LogP contribution in [0.5, 0.6) is 0 Å². The van der Waals surface area contributed by atoms with Gasteiger partial charge in [0.05, 0.1) is 19.8 Å². The van der Waals surface area contributed by atoms with Crippen LogP contribution in [0.25, 0.3) is 0 Å². The van der Waals surface area contributed by atoms with Crippen molar-refractivity contribution in [3.8, 4) is 0 Å². The predicted octanol–water partition coefficient (Wildman–Crippen LogP) is -14.7. The minimum Gasteiger partial charge on any atom is -0.506 e. The lowest BCUT2D eigenvalue weighted by atomic mass is 9.94. The van der Waals surface area contributed by atoms with Crippen LogP contribution in [0.2, 0.25) is 0 Å². The minimum absolute atomic E-state index is 0.661. The number of rotatable bonds is 31. The second-order valence-corrected chi connectivity index (χ2v) is 28.9. The first-order valence-corrected chi connectivity index (χ1v) is 36.4. The number of carbonyl (C=O) groups excluding carboxylic acids is 1. The number of nitrogens with one attached hydrogen (secondary N) is 3. The largest absolute Gasteiger partial charge is 0.506 e. The van der Waals surface area contributed by atoms with E-state index in [-0.39, 0.29) is 0 Å². The summed E-state index contributed by atoms with van der Waals surface area (Å²) >= 11 is 0. The van der Waals surface area contributed by atoms with Crippen LogP contribution in [0.3, 0.4) is 0 Å². The number of carboxylic acids is 3. The van der Waals surface area contributed by atoms with Gasteiger partial charge in [-0.3, -0.25) is 36.7 Å². The van der Waals surface area contributed by atoms with Crippen molar-refractivity contribution >= 4 is 96.4 Å². The SMILES string of the molecule is CC(=O)N[C@H]1[C@@H](O[C@H]2[C@H](O)[C@@H](O)[C@H](O[C@H]3[C@H](OS(=O)(=O)O)[C@@H](NS(=O)(=O)O)C(O)O[C@@H]3COS(=O)(=O)O)O[C@@H]2C(=O)O)O[C@H](COS(=O)(=O)O)[C@@H](O[C@@H]2O[C@@H](C(=O)O)[C@@H](O[C@H]3O[C@H](COS(=O)(=O)O)[C@@H](O[C@@H]4OC(C(=O)O)=C(O)[C@H](O)[C@H]4OS(=O)(=O)O)[C@H](O)[C@H]3NS(=O)(=O)O)[C@H](O)[C@H]2O)[C@@H]1O. The van der Waals surface area contributed by atoms with Gasteiger partial charge in [-0.15, -0.1) is 0 Å². The molecule has 0 spiro atoms. The molecule has 6 heterocycles. The van der Waals surface area contributed by atoms with Gasteiger partial charge in [0, 0.05) is 6.92 Å². The average molecular weight is 1630 g/mol. The molecule has 5 saturated heterocycles. The van der Waals surface area contributed by atoms with Crippen molar-refractivity contribution in [2.24, 2.45) is 0 Å². The molecule has 1 unspecified atom stereocenters. The summed E-state index contributed by atoms with van der Waals surface area (Å²) in [4.78, 5) is 50.6. The van der Waals surface area contributed by atoms with Gasteiger partial charge in [-0.1, -0.05) is 0 Å². The topological polar surface area (TPSA) is 875 Å². The number of aliphatic hydroxyl groups excluding tert-OH is 9. The van der Waals surface area contributed by atoms with Crippen LogP contribution < -0.4 is 14.8 Å². The summed E-state index contributed by atoms with van der Waals surface area (Å²) in [5, 5.41) is 133. The summed E-state index contributed by atoms with van der Waals surface area (Å²) in [6.45, 7) is -4.51. The van der Waals surface area contributed by atoms with Gasteiger partial charge in [0.25, 0.3) is 0 Å². The fourth-order valence-corrected chi connectivity index (χ4v) is 13.2. The summed E-state index contributed by atoms with van der Waals surface area (Å²) in [6.07, 6.45) is -70.8. The van der Waals surface area contributed by atoms with Gasteiger partial charge in [0.15, 0.2) is 55.5 Å². The average Bonchev–Trinajstić information content (AvgIpc) is 0.765. The highest BCUT2D eigenvalue weighted by Crippen LogP contribution is 2.39. The number of carbonyl (C=O) groups is 4. The number of carboxylic acid groups (broad SMARTS) is 3. The van der Waals surface area contributed by atoms with E-state index in [2.05, 4.69) is 20.9 Å². The maximum atomic E-state index is 13.0. The molecule has 63 heteroatoms. The molecule has 586 valence electrons. The molecule has 22 N–H and O–H groups in total. The Kier molecular flexibility index (Phi) is 27.7. The molecule has 28 atom stereocenters. The number of hydrogen-bond acceptors (Lipinski definition) is 43. The van der Waals surface area contributed by atoms with Crippen molar-refractivity contribution < 1.29 is 244 Å². The van der Waals surface area contributed by atoms with E-state index in [1.165, 1.54) is 9.44 Å². The third-order valence-electron chi connectivity index (χ3n) is 14.1. The van der Waals surface area contributed by atoms with Crippen LogP contribution in [0, 0.1) is 0 Å². The van der Waals surface area contributed by atoms with E-state index in [1.807, 2.05) is 5.32 Å². The highest BCUT2D eigenvalue weighted by Gasteiger charge is 2.61. The van der Waals surface area contributed by atoms with Crippen LogP contribution in [0.1, 0.15) is 6.92 Å². The molecular formula is C38H59N3O53S7. The number of aliphatic carboxylic acids is 3. The Balaban J connectivity index is 1.32. The highest BCUT2D eigenvalue weighted by atomic mass is 32.3. The monoisotopic (exact) mass is 1630 g/mol. The quantitative estimate of drug-likeness (QED) is 0.0287. The van der Waals surface area contributed by atoms with Crippen molar-refractivity contribution in [2.75, 3.05) is 19.8 Å². The molecular weight excluding hydrogens is 1570 g/mol. The molecule has 6 aliphatic rings. The van der Waals surface area contributed by atoms with Crippen molar-refractivity contribution in [1.29, 1.82) is 0 Å². The van der Waals surface area contributed by atoms with Gasteiger partial charge < -0.3 is 119 Å². The molecule has 6 rings (SSSR count). The van der Waals surface area contributed by atoms with Gasteiger partial charge in [-0.05, 0) is 0 Å². The standard InChI is InChI=1S/C38H59N3O53S7/c1-5(42)39-9-12(43)20(6(2-79-97(64,65)66)83-34(9)88-24-17(48)19(50)37(92-28(24)31(53)54)87-22-8(4-81-99(70,71)72)82-33(57)11(41-96(61,62)63)23(22)93-100(73,74)75)85-36-18(49)16(47)25(29(91-36)32(55)56)89-35-10(40-95(58,59)60)13(44)21(7(84-35)3-80-98(67,68)69)86-38-27(94-101(76,77)78)15(46)14(45)26(90-38)30(51)52/h6-13,15-25,27-29,33-38,40-41,43-50,57H,2-4H2,1H3,(H,39,42)(H,51,52)(H,53,54)(H,55,56)(H,58,59,60)(H,61,62,63)(H,64,65,66)(H,67,68,69)(H,70,71,72)(H,73,74,75)(H,76,77,78)/t6-,7-,8-,9-,10-,11-,12-,13-,15+,16-,17-,18-,19-,20-,21-,22-,23-,24+,25+,27-,28+,29-,33?,34-,35-,36-,37-,38-/m1/s1. The Labute approximate surface area is 563 Å². The lowest BCUT2D eigenvalue weighted by Crippen LogP contribution is -2.71. The van der Waals surface area contributed by atoms with Crippen LogP contribution in [0.4, 0.5) is 0 Å². The van der Waals surface area contributed by atoms with Crippen molar-refractivity contribution in [2.45, 2.75) is 179 Å². The first kappa shape index (κ1) is 85.5. The molecule has 6 aliphatic heterocycles. The zero-order valence-corrected chi connectivity index (χ0v) is 54.7. The normalized spacial score (nSPS) is 38.8. The Hall–Kier alpha value is -4.41. The lowest BCUT2D eigenvalue weighted by Gasteiger charge is -2.50. The van der Waals surface area contributed by atoms with Gasteiger partial charge in [-0.25, -0.2) is 35.3 Å². The molecule has 0 aliphatic carbocycles. The van der Waals surface area contributed by atoms with Gasteiger partial charge in [0.1, 0.15) is 116 Å². The Morgan fingerprint density at radius 2 is 0.762 bits per heavy atom. The fraction of sp³-hybridized carbons (Fsp3) is 0.842. The molecule has 0 aromatic rings.